The van der Waals surface area contributed by atoms with E-state index in [-0.39, 0.29) is 5.78 Å². The zero-order chi connectivity index (χ0) is 13.6. The number of nitrogens with zero attached hydrogens (tertiary/aromatic N) is 1. The summed E-state index contributed by atoms with van der Waals surface area (Å²) in [5.74, 6) is 0.214. The Balaban J connectivity index is 2.16. The molecule has 0 bridgehead atoms. The summed E-state index contributed by atoms with van der Waals surface area (Å²) in [6.07, 6.45) is 2.63. The highest BCUT2D eigenvalue weighted by Crippen LogP contribution is 2.36. The minimum Gasteiger partial charge on any atom is -0.292 e. The lowest BCUT2D eigenvalue weighted by Crippen LogP contribution is -2.08. The molecule has 1 aromatic carbocycles. The number of carbonyl (C=O) groups is 1. The topological polar surface area (TPSA) is 30.0 Å². The van der Waals surface area contributed by atoms with Gasteiger partial charge in [-0.2, -0.15) is 0 Å². The third-order valence-corrected chi connectivity index (χ3v) is 4.79. The Bertz CT molecular complexity index is 646. The van der Waals surface area contributed by atoms with Gasteiger partial charge in [0, 0.05) is 16.9 Å². The molecule has 98 valence electrons. The highest BCUT2D eigenvalue weighted by atomic mass is 32.1. The first-order valence-corrected chi connectivity index (χ1v) is 7.49. The van der Waals surface area contributed by atoms with Crippen molar-refractivity contribution in [2.24, 2.45) is 0 Å². The van der Waals surface area contributed by atoms with Crippen LogP contribution in [0.15, 0.2) is 12.1 Å². The molecule has 2 aromatic rings. The van der Waals surface area contributed by atoms with E-state index in [0.29, 0.717) is 6.42 Å². The molecule has 1 aliphatic carbocycles. The number of ketones is 1. The summed E-state index contributed by atoms with van der Waals surface area (Å²) in [5, 5.41) is 1.01. The summed E-state index contributed by atoms with van der Waals surface area (Å²) in [6.45, 7) is 6.36. The van der Waals surface area contributed by atoms with E-state index in [9.17, 15) is 4.79 Å². The van der Waals surface area contributed by atoms with E-state index in [2.05, 4.69) is 37.9 Å². The van der Waals surface area contributed by atoms with Crippen LogP contribution in [0.5, 0.6) is 0 Å². The minimum atomic E-state index is 0.214. The molecule has 2 nitrogen and oxygen atoms in total. The monoisotopic (exact) mass is 271 g/mol. The molecular weight excluding hydrogens is 254 g/mol. The molecule has 0 radical (unpaired) electrons. The van der Waals surface area contributed by atoms with E-state index in [0.717, 1.165) is 23.5 Å². The third-order valence-electron chi connectivity index (χ3n) is 3.66. The Kier molecular flexibility index (Phi) is 3.02. The van der Waals surface area contributed by atoms with Gasteiger partial charge in [0.2, 0.25) is 0 Å². The molecule has 3 rings (SSSR count). The lowest BCUT2D eigenvalue weighted by Gasteiger charge is -2.08. The molecule has 3 heteroatoms. The van der Waals surface area contributed by atoms with Gasteiger partial charge in [-0.1, -0.05) is 17.7 Å². The van der Waals surface area contributed by atoms with Crippen molar-refractivity contribution >= 4 is 17.1 Å². The van der Waals surface area contributed by atoms with Crippen molar-refractivity contribution in [2.75, 3.05) is 0 Å². The quantitative estimate of drug-likeness (QED) is 0.776. The van der Waals surface area contributed by atoms with Gasteiger partial charge in [0.15, 0.2) is 5.78 Å². The number of aromatic nitrogens is 1. The lowest BCUT2D eigenvalue weighted by molar-refractivity contribution is 0.0968. The summed E-state index contributed by atoms with van der Waals surface area (Å²) >= 11 is 1.69. The largest absolute Gasteiger partial charge is 0.292 e. The number of carbonyl (C=O) groups excluding carboxylic acids is 1. The smallest absolute Gasteiger partial charge is 0.182 e. The molecule has 0 fully saturated rings. The zero-order valence-electron chi connectivity index (χ0n) is 11.5. The Morgan fingerprint density at radius 2 is 1.79 bits per heavy atom. The van der Waals surface area contributed by atoms with E-state index < -0.39 is 0 Å². The first kappa shape index (κ1) is 12.5. The van der Waals surface area contributed by atoms with Crippen LogP contribution >= 0.6 is 11.3 Å². The third kappa shape index (κ3) is 2.12. The van der Waals surface area contributed by atoms with E-state index in [1.54, 1.807) is 11.3 Å². The molecule has 0 aliphatic heterocycles. The molecule has 0 unspecified atom stereocenters. The van der Waals surface area contributed by atoms with Crippen molar-refractivity contribution in [1.29, 1.82) is 0 Å². The minimum absolute atomic E-state index is 0.214. The Hall–Kier alpha value is -1.48. The number of thiazole rings is 1. The van der Waals surface area contributed by atoms with Gasteiger partial charge in [-0.3, -0.25) is 4.79 Å². The first-order chi connectivity index (χ1) is 9.06. The van der Waals surface area contributed by atoms with Crippen LogP contribution in [0.4, 0.5) is 0 Å². The molecule has 0 N–H and O–H groups in total. The van der Waals surface area contributed by atoms with Crippen molar-refractivity contribution in [3.63, 3.8) is 0 Å². The Morgan fingerprint density at radius 1 is 1.11 bits per heavy atom. The van der Waals surface area contributed by atoms with Crippen LogP contribution in [0.2, 0.25) is 0 Å². The number of rotatable bonds is 1. The van der Waals surface area contributed by atoms with Crippen LogP contribution in [0.3, 0.4) is 0 Å². The number of Topliss-reactive ketones (excluding diaryl/α,β-unsaturated/α-hetero) is 1. The molecule has 19 heavy (non-hydrogen) atoms. The van der Waals surface area contributed by atoms with Gasteiger partial charge in [-0.25, -0.2) is 4.98 Å². The molecule has 0 atom stereocenters. The summed E-state index contributed by atoms with van der Waals surface area (Å²) in [4.78, 5) is 17.7. The Labute approximate surface area is 117 Å². The average Bonchev–Trinajstić information content (AvgIpc) is 2.72. The van der Waals surface area contributed by atoms with E-state index >= 15 is 0 Å². The number of hydrogen-bond acceptors (Lipinski definition) is 3. The summed E-state index contributed by atoms with van der Waals surface area (Å²) < 4.78 is 0. The van der Waals surface area contributed by atoms with E-state index in [1.807, 2.05) is 0 Å². The van der Waals surface area contributed by atoms with Gasteiger partial charge >= 0.3 is 0 Å². The van der Waals surface area contributed by atoms with Gasteiger partial charge < -0.3 is 0 Å². The predicted octanol–water partition coefficient (Wildman–Crippen LogP) is 4.25. The van der Waals surface area contributed by atoms with Crippen LogP contribution in [0.1, 0.15) is 44.9 Å². The van der Waals surface area contributed by atoms with E-state index in [4.69, 9.17) is 0 Å². The van der Waals surface area contributed by atoms with Gasteiger partial charge in [0.1, 0.15) is 10.7 Å². The number of benzene rings is 1. The maximum Gasteiger partial charge on any atom is 0.182 e. The molecule has 0 spiro atoms. The van der Waals surface area contributed by atoms with Crippen molar-refractivity contribution in [1.82, 2.24) is 4.98 Å². The number of hydrogen-bond donors (Lipinski definition) is 0. The van der Waals surface area contributed by atoms with Gasteiger partial charge in [-0.15, -0.1) is 11.3 Å². The fraction of sp³-hybridized carbons (Fsp3) is 0.375. The van der Waals surface area contributed by atoms with Crippen LogP contribution in [0, 0.1) is 20.8 Å². The predicted molar refractivity (Wildman–Crippen MR) is 79.0 cm³/mol. The maximum atomic E-state index is 11.9. The van der Waals surface area contributed by atoms with E-state index in [1.165, 1.54) is 27.1 Å². The van der Waals surface area contributed by atoms with Gasteiger partial charge in [0.25, 0.3) is 0 Å². The van der Waals surface area contributed by atoms with Gasteiger partial charge in [0.05, 0.1) is 0 Å². The average molecular weight is 271 g/mol. The second-order valence-corrected chi connectivity index (χ2v) is 6.42. The highest BCUT2D eigenvalue weighted by Gasteiger charge is 2.23. The molecule has 0 saturated heterocycles. The molecule has 1 aliphatic rings. The van der Waals surface area contributed by atoms with Crippen LogP contribution < -0.4 is 0 Å². The standard InChI is InChI=1S/C16H17NOS/c1-9-7-10(2)14(11(3)8-9)16-17-15-12(18)5-4-6-13(15)19-16/h7-8H,4-6H2,1-3H3. The summed E-state index contributed by atoms with van der Waals surface area (Å²) in [6, 6.07) is 4.37. The van der Waals surface area contributed by atoms with Crippen molar-refractivity contribution < 1.29 is 4.79 Å². The number of aryl methyl sites for hydroxylation is 4. The molecular formula is C16H17NOS. The zero-order valence-corrected chi connectivity index (χ0v) is 12.4. The Morgan fingerprint density at radius 3 is 2.42 bits per heavy atom. The molecule has 0 saturated carbocycles. The van der Waals surface area contributed by atoms with Gasteiger partial charge in [-0.05, 0) is 44.7 Å². The van der Waals surface area contributed by atoms with Crippen LogP contribution in [0.25, 0.3) is 10.6 Å². The fourth-order valence-corrected chi connectivity index (χ4v) is 4.19. The van der Waals surface area contributed by atoms with Crippen molar-refractivity contribution in [2.45, 2.75) is 40.0 Å². The normalized spacial score (nSPS) is 14.6. The fourth-order valence-electron chi connectivity index (χ4n) is 2.89. The van der Waals surface area contributed by atoms with Crippen LogP contribution in [-0.4, -0.2) is 10.8 Å². The summed E-state index contributed by atoms with van der Waals surface area (Å²) in [7, 11) is 0. The molecule has 1 heterocycles. The molecule has 0 amide bonds. The van der Waals surface area contributed by atoms with Crippen molar-refractivity contribution in [3.05, 3.63) is 39.4 Å². The second-order valence-electron chi connectivity index (χ2n) is 5.34. The SMILES string of the molecule is Cc1cc(C)c(-c2nc3c(s2)CCCC3=O)c(C)c1. The second kappa shape index (κ2) is 4.57. The number of fused-ring (bicyclic) bond motifs is 1. The van der Waals surface area contributed by atoms with Crippen LogP contribution in [-0.2, 0) is 6.42 Å². The lowest BCUT2D eigenvalue weighted by atomic mass is 10.00. The highest BCUT2D eigenvalue weighted by molar-refractivity contribution is 7.15. The first-order valence-electron chi connectivity index (χ1n) is 6.67. The van der Waals surface area contributed by atoms with Crippen molar-refractivity contribution in [3.8, 4) is 10.6 Å². The molecule has 1 aromatic heterocycles. The summed E-state index contributed by atoms with van der Waals surface area (Å²) in [5.41, 5.74) is 5.70. The maximum absolute atomic E-state index is 11.9.